The number of nitrogens with zero attached hydrogens (tertiary/aromatic N) is 3. The summed E-state index contributed by atoms with van der Waals surface area (Å²) in [5, 5.41) is 5.55. The SMILES string of the molecule is Cc1cc(NS(=O)(=O)c2ccc(C(C)(C)C)cc2Cl)n(-c2cccc3ncccc23)n1. The summed E-state index contributed by atoms with van der Waals surface area (Å²) >= 11 is 6.38. The molecule has 0 saturated carbocycles. The van der Waals surface area contributed by atoms with Crippen LogP contribution in [0.4, 0.5) is 5.82 Å². The topological polar surface area (TPSA) is 76.9 Å². The summed E-state index contributed by atoms with van der Waals surface area (Å²) in [7, 11) is -3.94. The quantitative estimate of drug-likeness (QED) is 0.443. The van der Waals surface area contributed by atoms with Crippen molar-refractivity contribution >= 4 is 38.3 Å². The van der Waals surface area contributed by atoms with Gasteiger partial charge in [0, 0.05) is 17.6 Å². The van der Waals surface area contributed by atoms with E-state index in [4.69, 9.17) is 11.6 Å². The number of halogens is 1. The molecule has 0 atom stereocenters. The fraction of sp³-hybridized carbons (Fsp3) is 0.217. The Morgan fingerprint density at radius 3 is 2.52 bits per heavy atom. The molecule has 0 bridgehead atoms. The van der Waals surface area contributed by atoms with Crippen LogP contribution in [0.1, 0.15) is 32.0 Å². The van der Waals surface area contributed by atoms with Crippen LogP contribution < -0.4 is 4.72 Å². The van der Waals surface area contributed by atoms with Crippen LogP contribution in [-0.2, 0) is 15.4 Å². The number of hydrogen-bond acceptors (Lipinski definition) is 4. The summed E-state index contributed by atoms with van der Waals surface area (Å²) in [6.07, 6.45) is 1.72. The van der Waals surface area contributed by atoms with Crippen LogP contribution in [0.3, 0.4) is 0 Å². The number of fused-ring (bicyclic) bond motifs is 1. The standard InChI is InChI=1S/C23H23ClN4O2S/c1-15-13-22(28(26-15)20-9-5-8-19-17(20)7-6-12-25-19)27-31(29,30)21-11-10-16(14-18(21)24)23(2,3)4/h5-14,27H,1-4H3. The fourth-order valence-electron chi connectivity index (χ4n) is 3.41. The molecular formula is C23H23ClN4O2S. The first kappa shape index (κ1) is 21.3. The molecule has 0 fully saturated rings. The summed E-state index contributed by atoms with van der Waals surface area (Å²) < 4.78 is 30.6. The van der Waals surface area contributed by atoms with E-state index in [1.807, 2.05) is 58.0 Å². The second-order valence-electron chi connectivity index (χ2n) is 8.43. The van der Waals surface area contributed by atoms with Crippen molar-refractivity contribution in [3.05, 3.63) is 77.1 Å². The minimum atomic E-state index is -3.94. The monoisotopic (exact) mass is 454 g/mol. The van der Waals surface area contributed by atoms with Crippen molar-refractivity contribution in [2.75, 3.05) is 4.72 Å². The van der Waals surface area contributed by atoms with Gasteiger partial charge in [-0.15, -0.1) is 0 Å². The number of hydrogen-bond donors (Lipinski definition) is 1. The Bertz CT molecular complexity index is 1380. The minimum Gasteiger partial charge on any atom is -0.263 e. The fourth-order valence-corrected chi connectivity index (χ4v) is 4.98. The molecule has 8 heteroatoms. The van der Waals surface area contributed by atoms with Crippen LogP contribution in [0.5, 0.6) is 0 Å². The molecule has 0 aliphatic carbocycles. The van der Waals surface area contributed by atoms with Gasteiger partial charge >= 0.3 is 0 Å². The second-order valence-corrected chi connectivity index (χ2v) is 10.5. The van der Waals surface area contributed by atoms with Crippen molar-refractivity contribution in [2.45, 2.75) is 38.0 Å². The summed E-state index contributed by atoms with van der Waals surface area (Å²) in [4.78, 5) is 4.39. The van der Waals surface area contributed by atoms with Crippen molar-refractivity contribution in [1.82, 2.24) is 14.8 Å². The lowest BCUT2D eigenvalue weighted by Gasteiger charge is -2.20. The van der Waals surface area contributed by atoms with Gasteiger partial charge in [-0.25, -0.2) is 13.1 Å². The highest BCUT2D eigenvalue weighted by molar-refractivity contribution is 7.92. The van der Waals surface area contributed by atoms with E-state index in [9.17, 15) is 8.42 Å². The molecule has 6 nitrogen and oxygen atoms in total. The number of sulfonamides is 1. The Labute approximate surface area is 186 Å². The Balaban J connectivity index is 1.78. The molecule has 0 aliphatic heterocycles. The Hall–Kier alpha value is -2.90. The number of anilines is 1. The molecule has 0 unspecified atom stereocenters. The van der Waals surface area contributed by atoms with Crippen LogP contribution in [0.2, 0.25) is 5.02 Å². The molecule has 1 N–H and O–H groups in total. The third kappa shape index (κ3) is 4.16. The summed E-state index contributed by atoms with van der Waals surface area (Å²) in [5.41, 5.74) is 3.01. The predicted molar refractivity (Wildman–Crippen MR) is 125 cm³/mol. The van der Waals surface area contributed by atoms with Crippen molar-refractivity contribution in [1.29, 1.82) is 0 Å². The van der Waals surface area contributed by atoms with E-state index in [0.29, 0.717) is 11.5 Å². The van der Waals surface area contributed by atoms with Crippen molar-refractivity contribution in [3.63, 3.8) is 0 Å². The maximum Gasteiger partial charge on any atom is 0.264 e. The van der Waals surface area contributed by atoms with E-state index in [2.05, 4.69) is 14.8 Å². The molecule has 0 aliphatic rings. The molecule has 0 saturated heterocycles. The first-order valence-electron chi connectivity index (χ1n) is 9.80. The molecule has 4 aromatic rings. The van der Waals surface area contributed by atoms with Gasteiger partial charge < -0.3 is 0 Å². The van der Waals surface area contributed by atoms with Crippen LogP contribution >= 0.6 is 11.6 Å². The Morgan fingerprint density at radius 1 is 1.03 bits per heavy atom. The van der Waals surface area contributed by atoms with Gasteiger partial charge in [-0.2, -0.15) is 5.10 Å². The number of aryl methyl sites for hydroxylation is 1. The van der Waals surface area contributed by atoms with Gasteiger partial charge in [-0.1, -0.05) is 44.5 Å². The first-order valence-corrected chi connectivity index (χ1v) is 11.7. The van der Waals surface area contributed by atoms with Gasteiger partial charge in [0.2, 0.25) is 0 Å². The Morgan fingerprint density at radius 2 is 1.81 bits per heavy atom. The summed E-state index contributed by atoms with van der Waals surface area (Å²) in [5.74, 6) is 0.324. The van der Waals surface area contributed by atoms with E-state index in [-0.39, 0.29) is 15.3 Å². The highest BCUT2D eigenvalue weighted by atomic mass is 35.5. The minimum absolute atomic E-state index is 0.0205. The number of rotatable bonds is 4. The number of pyridine rings is 1. The van der Waals surface area contributed by atoms with Crippen molar-refractivity contribution in [3.8, 4) is 5.69 Å². The normalized spacial score (nSPS) is 12.3. The van der Waals surface area contributed by atoms with E-state index >= 15 is 0 Å². The number of benzene rings is 2. The van der Waals surface area contributed by atoms with Crippen molar-refractivity contribution in [2.24, 2.45) is 0 Å². The molecule has 0 amide bonds. The molecular weight excluding hydrogens is 432 g/mol. The molecule has 31 heavy (non-hydrogen) atoms. The summed E-state index contributed by atoms with van der Waals surface area (Å²) in [6, 6.07) is 16.1. The average molecular weight is 455 g/mol. The molecule has 2 aromatic heterocycles. The van der Waals surface area contributed by atoms with Gasteiger partial charge in [0.15, 0.2) is 0 Å². The molecule has 0 spiro atoms. The van der Waals surface area contributed by atoms with E-state index < -0.39 is 10.0 Å². The van der Waals surface area contributed by atoms with E-state index in [1.165, 1.54) is 0 Å². The van der Waals surface area contributed by atoms with Gasteiger partial charge in [0.05, 0.1) is 21.9 Å². The van der Waals surface area contributed by atoms with Crippen LogP contribution in [0.25, 0.3) is 16.6 Å². The second kappa shape index (κ2) is 7.66. The smallest absolute Gasteiger partial charge is 0.263 e. The van der Waals surface area contributed by atoms with E-state index in [0.717, 1.165) is 22.2 Å². The molecule has 2 heterocycles. The van der Waals surface area contributed by atoms with Gasteiger partial charge in [0.1, 0.15) is 10.7 Å². The maximum absolute atomic E-state index is 13.2. The average Bonchev–Trinajstić information content (AvgIpc) is 3.05. The van der Waals surface area contributed by atoms with Crippen molar-refractivity contribution < 1.29 is 8.42 Å². The summed E-state index contributed by atoms with van der Waals surface area (Å²) in [6.45, 7) is 7.95. The van der Waals surface area contributed by atoms with Crippen LogP contribution in [-0.4, -0.2) is 23.2 Å². The van der Waals surface area contributed by atoms with Gasteiger partial charge in [-0.3, -0.25) is 9.71 Å². The van der Waals surface area contributed by atoms with Gasteiger partial charge in [-0.05, 0) is 54.3 Å². The van der Waals surface area contributed by atoms with Crippen LogP contribution in [0.15, 0.2) is 65.7 Å². The number of nitrogens with one attached hydrogen (secondary N) is 1. The largest absolute Gasteiger partial charge is 0.264 e. The lowest BCUT2D eigenvalue weighted by atomic mass is 9.87. The Kier molecular flexibility index (Phi) is 5.27. The highest BCUT2D eigenvalue weighted by Crippen LogP contribution is 2.31. The molecule has 2 aromatic carbocycles. The zero-order chi connectivity index (χ0) is 22.4. The third-order valence-corrected chi connectivity index (χ3v) is 6.85. The number of aromatic nitrogens is 3. The predicted octanol–water partition coefficient (Wildman–Crippen LogP) is 5.48. The van der Waals surface area contributed by atoms with Gasteiger partial charge in [0.25, 0.3) is 10.0 Å². The molecule has 160 valence electrons. The maximum atomic E-state index is 13.2. The zero-order valence-corrected chi connectivity index (χ0v) is 19.3. The molecule has 0 radical (unpaired) electrons. The van der Waals surface area contributed by atoms with Crippen LogP contribution in [0, 0.1) is 6.92 Å². The first-order chi connectivity index (χ1) is 14.6. The van der Waals surface area contributed by atoms with E-state index in [1.54, 1.807) is 35.1 Å². The zero-order valence-electron chi connectivity index (χ0n) is 17.7. The lowest BCUT2D eigenvalue weighted by molar-refractivity contribution is 0.587. The third-order valence-electron chi connectivity index (χ3n) is 5.01. The lowest BCUT2D eigenvalue weighted by Crippen LogP contribution is -2.17. The highest BCUT2D eigenvalue weighted by Gasteiger charge is 2.23. The molecule has 4 rings (SSSR count).